The first-order valence-electron chi connectivity index (χ1n) is 16.6. The molecule has 0 bridgehead atoms. The van der Waals surface area contributed by atoms with Crippen LogP contribution in [0, 0.1) is 0 Å². The molecule has 0 aromatic heterocycles. The van der Waals surface area contributed by atoms with Gasteiger partial charge < -0.3 is 16.0 Å². The summed E-state index contributed by atoms with van der Waals surface area (Å²) in [4.78, 5) is 6.64. The van der Waals surface area contributed by atoms with Crippen LogP contribution in [0.15, 0.2) is 76.9 Å². The topological polar surface area (TPSA) is 53.6 Å². The third-order valence-electron chi connectivity index (χ3n) is 6.46. The number of allylic oxidation sites excluding steroid dienone is 5. The van der Waals surface area contributed by atoms with Crippen molar-refractivity contribution >= 4 is 5.71 Å². The summed E-state index contributed by atoms with van der Waals surface area (Å²) in [5.41, 5.74) is 11.0. The average molecular weight is 569 g/mol. The minimum atomic E-state index is 0.726. The molecular formula is C37H68N4. The van der Waals surface area contributed by atoms with Crippen molar-refractivity contribution in [1.82, 2.24) is 10.2 Å². The molecule has 4 heteroatoms. The van der Waals surface area contributed by atoms with E-state index in [2.05, 4.69) is 99.2 Å². The quantitative estimate of drug-likeness (QED) is 0.301. The number of dihydropyridines is 1. The summed E-state index contributed by atoms with van der Waals surface area (Å²) in [5.74, 6) is 0. The predicted molar refractivity (Wildman–Crippen MR) is 189 cm³/mol. The van der Waals surface area contributed by atoms with Crippen molar-refractivity contribution in [2.45, 2.75) is 112 Å². The fourth-order valence-corrected chi connectivity index (χ4v) is 4.25. The summed E-state index contributed by atoms with van der Waals surface area (Å²) in [6, 6.07) is 0. The van der Waals surface area contributed by atoms with Gasteiger partial charge in [-0.25, -0.2) is 0 Å². The molecule has 2 heterocycles. The smallest absolute Gasteiger partial charge is 0.0427 e. The third kappa shape index (κ3) is 25.4. The second kappa shape index (κ2) is 32.5. The molecule has 1 fully saturated rings. The van der Waals surface area contributed by atoms with E-state index in [0.29, 0.717) is 0 Å². The molecule has 0 amide bonds. The zero-order valence-electron chi connectivity index (χ0n) is 28.3. The number of aliphatic imine (C=N–C) groups is 1. The van der Waals surface area contributed by atoms with Gasteiger partial charge in [0.1, 0.15) is 0 Å². The molecule has 41 heavy (non-hydrogen) atoms. The van der Waals surface area contributed by atoms with Gasteiger partial charge in [-0.2, -0.15) is 0 Å². The molecule has 4 rings (SSSR count). The number of rotatable bonds is 7. The van der Waals surface area contributed by atoms with E-state index in [1.54, 1.807) is 11.6 Å². The van der Waals surface area contributed by atoms with Gasteiger partial charge in [0, 0.05) is 25.3 Å². The number of hydrogen-bond donors (Lipinski definition) is 2. The van der Waals surface area contributed by atoms with Crippen LogP contribution in [0.4, 0.5) is 0 Å². The van der Waals surface area contributed by atoms with Crippen LogP contribution in [0.2, 0.25) is 0 Å². The highest BCUT2D eigenvalue weighted by molar-refractivity contribution is 6.01. The van der Waals surface area contributed by atoms with E-state index in [9.17, 15) is 0 Å². The molecule has 0 radical (unpaired) electrons. The van der Waals surface area contributed by atoms with Gasteiger partial charge in [-0.3, -0.25) is 4.99 Å². The number of fused-ring (bicyclic) bond motifs is 1. The Morgan fingerprint density at radius 2 is 1.66 bits per heavy atom. The zero-order valence-corrected chi connectivity index (χ0v) is 28.3. The number of unbranched alkanes of at least 4 members (excludes halogenated alkanes) is 2. The first kappa shape index (κ1) is 41.1. The fraction of sp³-hybridized carbons (Fsp3) is 0.649. The molecule has 4 nitrogen and oxygen atoms in total. The highest BCUT2D eigenvalue weighted by Crippen LogP contribution is 2.23. The van der Waals surface area contributed by atoms with E-state index in [-0.39, 0.29) is 0 Å². The maximum atomic E-state index is 5.07. The molecule has 0 spiro atoms. The van der Waals surface area contributed by atoms with Gasteiger partial charge in [0.25, 0.3) is 0 Å². The summed E-state index contributed by atoms with van der Waals surface area (Å²) in [6.07, 6.45) is 32.4. The van der Waals surface area contributed by atoms with E-state index in [0.717, 1.165) is 52.0 Å². The molecule has 2 aliphatic carbocycles. The van der Waals surface area contributed by atoms with Crippen LogP contribution in [0.25, 0.3) is 0 Å². The number of nitrogens with zero attached hydrogens (tertiary/aromatic N) is 2. The SMILES string of the molecule is C1=C2CCCCC2=NCC1.C1=CC2=C(C=CC1)CNCC2.C=CCCN.CC.CC/C=C/CN(C)C.CCCCC. The first-order chi connectivity index (χ1) is 20.0. The van der Waals surface area contributed by atoms with Crippen LogP contribution in [0.3, 0.4) is 0 Å². The van der Waals surface area contributed by atoms with Crippen LogP contribution >= 0.6 is 0 Å². The monoisotopic (exact) mass is 569 g/mol. The fourth-order valence-electron chi connectivity index (χ4n) is 4.25. The van der Waals surface area contributed by atoms with Crippen molar-refractivity contribution in [3.63, 3.8) is 0 Å². The molecule has 4 aliphatic rings. The van der Waals surface area contributed by atoms with Gasteiger partial charge in [0.15, 0.2) is 0 Å². The van der Waals surface area contributed by atoms with Crippen molar-refractivity contribution in [1.29, 1.82) is 0 Å². The number of likely N-dealkylation sites (N-methyl/N-ethyl adjacent to an activating group) is 1. The van der Waals surface area contributed by atoms with Gasteiger partial charge in [-0.05, 0) is 102 Å². The Balaban J connectivity index is 0. The van der Waals surface area contributed by atoms with Gasteiger partial charge in [0.05, 0.1) is 0 Å². The molecule has 1 saturated carbocycles. The maximum Gasteiger partial charge on any atom is 0.0427 e. The van der Waals surface area contributed by atoms with Crippen LogP contribution in [0.5, 0.6) is 0 Å². The van der Waals surface area contributed by atoms with Crippen LogP contribution < -0.4 is 11.1 Å². The molecule has 0 aromatic carbocycles. The molecule has 0 atom stereocenters. The Bertz CT molecular complexity index is 733. The summed E-state index contributed by atoms with van der Waals surface area (Å²) in [5, 5.41) is 3.37. The second-order valence-corrected chi connectivity index (χ2v) is 10.4. The van der Waals surface area contributed by atoms with Crippen molar-refractivity contribution in [3.8, 4) is 0 Å². The lowest BCUT2D eigenvalue weighted by Crippen LogP contribution is -2.23. The number of nitrogens with two attached hydrogens (primary N) is 1. The van der Waals surface area contributed by atoms with E-state index in [1.807, 2.05) is 13.8 Å². The highest BCUT2D eigenvalue weighted by Gasteiger charge is 2.14. The van der Waals surface area contributed by atoms with Gasteiger partial charge in [-0.15, -0.1) is 6.58 Å². The Kier molecular flexibility index (Phi) is 32.6. The van der Waals surface area contributed by atoms with Crippen molar-refractivity contribution in [3.05, 3.63) is 71.9 Å². The molecular weight excluding hydrogens is 500 g/mol. The number of hydrogen-bond acceptors (Lipinski definition) is 4. The summed E-state index contributed by atoms with van der Waals surface area (Å²) < 4.78 is 0. The number of nitrogens with one attached hydrogen (secondary N) is 1. The molecule has 0 saturated heterocycles. The zero-order chi connectivity index (χ0) is 31.0. The van der Waals surface area contributed by atoms with Gasteiger partial charge >= 0.3 is 0 Å². The Hall–Kier alpha value is -2.01. The highest BCUT2D eigenvalue weighted by atomic mass is 15.0. The third-order valence-corrected chi connectivity index (χ3v) is 6.46. The predicted octanol–water partition coefficient (Wildman–Crippen LogP) is 9.38. The standard InChI is InChI=1S/C10H13N.C9H13N.C7H15N.C5H12.C4H9N.C2H6/c1-2-4-9-6-7-11-8-10(9)5-3-1;1-2-6-9-8(4-1)5-3-7-10-9;1-4-5-6-7-8(2)3;1-3-5-4-2;1-2-3-4-5;1-2/h2-5,11H,1,6-8H2;5H,1-4,6-7H2;5-6H,4,7H2,1-3H3;3-5H2,1-2H3;2H,1,3-5H2;1-2H3/b;;6-5+;;;. The van der Waals surface area contributed by atoms with Crippen LogP contribution in [-0.2, 0) is 0 Å². The molecule has 0 aromatic rings. The van der Waals surface area contributed by atoms with Crippen molar-refractivity contribution < 1.29 is 0 Å². The lowest BCUT2D eigenvalue weighted by Gasteiger charge is -2.19. The maximum absolute atomic E-state index is 5.07. The van der Waals surface area contributed by atoms with Gasteiger partial charge in [-0.1, -0.05) is 102 Å². The Morgan fingerprint density at radius 1 is 0.976 bits per heavy atom. The van der Waals surface area contributed by atoms with E-state index >= 15 is 0 Å². The lowest BCUT2D eigenvalue weighted by molar-refractivity contribution is 0.456. The largest absolute Gasteiger partial charge is 0.330 e. The first-order valence-corrected chi connectivity index (χ1v) is 16.6. The summed E-state index contributed by atoms with van der Waals surface area (Å²) in [6.45, 7) is 19.1. The second-order valence-electron chi connectivity index (χ2n) is 10.4. The van der Waals surface area contributed by atoms with Gasteiger partial charge in [0.2, 0.25) is 0 Å². The summed E-state index contributed by atoms with van der Waals surface area (Å²) >= 11 is 0. The van der Waals surface area contributed by atoms with E-state index < -0.39 is 0 Å². The summed E-state index contributed by atoms with van der Waals surface area (Å²) in [7, 11) is 4.14. The van der Waals surface area contributed by atoms with Crippen LogP contribution in [-0.4, -0.2) is 57.4 Å². The van der Waals surface area contributed by atoms with Crippen molar-refractivity contribution in [2.24, 2.45) is 10.7 Å². The van der Waals surface area contributed by atoms with Crippen LogP contribution in [0.1, 0.15) is 112 Å². The lowest BCUT2D eigenvalue weighted by atomic mass is 9.91. The Morgan fingerprint density at radius 3 is 2.20 bits per heavy atom. The van der Waals surface area contributed by atoms with E-state index in [4.69, 9.17) is 5.73 Å². The average Bonchev–Trinajstić information content (AvgIpc) is 3.26. The molecule has 2 aliphatic heterocycles. The Labute approximate surface area is 256 Å². The normalized spacial score (nSPS) is 16.6. The molecule has 0 unspecified atom stereocenters. The van der Waals surface area contributed by atoms with Crippen molar-refractivity contribution in [2.75, 3.05) is 46.8 Å². The van der Waals surface area contributed by atoms with E-state index in [1.165, 1.54) is 74.6 Å². The molecule has 236 valence electrons. The minimum absolute atomic E-state index is 0.726. The minimum Gasteiger partial charge on any atom is -0.330 e. The molecule has 3 N–H and O–H groups in total.